The van der Waals surface area contributed by atoms with E-state index >= 15 is 0 Å². The van der Waals surface area contributed by atoms with E-state index in [1.807, 2.05) is 42.5 Å². The Morgan fingerprint density at radius 3 is 2.82 bits per heavy atom. The van der Waals surface area contributed by atoms with Gasteiger partial charge >= 0.3 is 0 Å². The number of H-pyrrole nitrogens is 1. The first-order valence-electron chi connectivity index (χ1n) is 8.51. The van der Waals surface area contributed by atoms with Crippen LogP contribution in [-0.4, -0.2) is 25.3 Å². The molecule has 1 amide bonds. The molecular formula is C20H13N5O2S. The Balaban J connectivity index is 1.54. The average Bonchev–Trinajstić information content (AvgIpc) is 3.35. The maximum Gasteiger partial charge on any atom is 0.271 e. The van der Waals surface area contributed by atoms with Gasteiger partial charge in [0.05, 0.1) is 16.7 Å². The third kappa shape index (κ3) is 2.67. The molecule has 5 rings (SSSR count). The highest BCUT2D eigenvalue weighted by Gasteiger charge is 2.17. The van der Waals surface area contributed by atoms with Crippen LogP contribution < -0.4 is 10.9 Å². The molecule has 0 aliphatic carbocycles. The summed E-state index contributed by atoms with van der Waals surface area (Å²) in [6.45, 7) is 0. The van der Waals surface area contributed by atoms with E-state index in [-0.39, 0.29) is 5.56 Å². The number of nitrogens with zero attached hydrogens (tertiary/aromatic N) is 3. The molecule has 0 bridgehead atoms. The Labute approximate surface area is 162 Å². The SMILES string of the molecule is O=C(Nc1ccccc1-c1nc2ccccc2[nH]1)c1cnc2sccn2c1=O. The fourth-order valence-electron chi connectivity index (χ4n) is 3.05. The summed E-state index contributed by atoms with van der Waals surface area (Å²) in [7, 11) is 0. The second-order valence-corrected chi connectivity index (χ2v) is 7.01. The number of para-hydroxylation sites is 3. The zero-order valence-corrected chi connectivity index (χ0v) is 15.2. The lowest BCUT2D eigenvalue weighted by molar-refractivity contribution is 0.102. The maximum atomic E-state index is 12.8. The molecule has 2 aromatic carbocycles. The van der Waals surface area contributed by atoms with Crippen LogP contribution in [0.1, 0.15) is 10.4 Å². The summed E-state index contributed by atoms with van der Waals surface area (Å²) < 4.78 is 1.37. The van der Waals surface area contributed by atoms with Gasteiger partial charge in [0.25, 0.3) is 11.5 Å². The van der Waals surface area contributed by atoms with Crippen LogP contribution in [0.4, 0.5) is 5.69 Å². The van der Waals surface area contributed by atoms with E-state index in [4.69, 9.17) is 0 Å². The monoisotopic (exact) mass is 387 g/mol. The van der Waals surface area contributed by atoms with Crippen LogP contribution >= 0.6 is 11.3 Å². The summed E-state index contributed by atoms with van der Waals surface area (Å²) >= 11 is 1.34. The Morgan fingerprint density at radius 1 is 1.11 bits per heavy atom. The predicted octanol–water partition coefficient (Wildman–Crippen LogP) is 3.55. The largest absolute Gasteiger partial charge is 0.338 e. The minimum atomic E-state index is -0.512. The van der Waals surface area contributed by atoms with Gasteiger partial charge in [-0.2, -0.15) is 0 Å². The third-order valence-electron chi connectivity index (χ3n) is 4.41. The quantitative estimate of drug-likeness (QED) is 0.495. The lowest BCUT2D eigenvalue weighted by Gasteiger charge is -2.09. The highest BCUT2D eigenvalue weighted by molar-refractivity contribution is 7.15. The molecule has 8 heteroatoms. The zero-order valence-electron chi connectivity index (χ0n) is 14.4. The molecule has 0 aliphatic heterocycles. The Hall–Kier alpha value is -3.78. The molecule has 0 spiro atoms. The number of aromatic amines is 1. The first kappa shape index (κ1) is 16.4. The number of rotatable bonds is 3. The maximum absolute atomic E-state index is 12.8. The van der Waals surface area contributed by atoms with Crippen molar-refractivity contribution in [1.29, 1.82) is 0 Å². The van der Waals surface area contributed by atoms with E-state index in [0.29, 0.717) is 16.5 Å². The van der Waals surface area contributed by atoms with Crippen LogP contribution in [0.25, 0.3) is 27.4 Å². The van der Waals surface area contributed by atoms with E-state index in [0.717, 1.165) is 16.6 Å². The second kappa shape index (κ2) is 6.43. The molecule has 3 heterocycles. The zero-order chi connectivity index (χ0) is 19.1. The number of anilines is 1. The molecule has 0 atom stereocenters. The number of hydrogen-bond donors (Lipinski definition) is 2. The molecule has 136 valence electrons. The number of benzene rings is 2. The number of amides is 1. The molecule has 0 unspecified atom stereocenters. The minimum Gasteiger partial charge on any atom is -0.338 e. The van der Waals surface area contributed by atoms with Crippen LogP contribution in [0.5, 0.6) is 0 Å². The lowest BCUT2D eigenvalue weighted by atomic mass is 10.1. The van der Waals surface area contributed by atoms with Gasteiger partial charge in [0, 0.05) is 23.3 Å². The first-order chi connectivity index (χ1) is 13.7. The second-order valence-electron chi connectivity index (χ2n) is 6.13. The molecule has 28 heavy (non-hydrogen) atoms. The standard InChI is InChI=1S/C20H13N5O2S/c26-18(13-11-21-20-25(19(13)27)9-10-28-20)24-14-6-2-1-5-12(14)17-22-15-7-3-4-8-16(15)23-17/h1-11H,(H,22,23)(H,24,26). The molecule has 0 saturated carbocycles. The van der Waals surface area contributed by atoms with Gasteiger partial charge in [0.2, 0.25) is 0 Å². The van der Waals surface area contributed by atoms with Crippen LogP contribution in [0, 0.1) is 0 Å². The highest BCUT2D eigenvalue weighted by Crippen LogP contribution is 2.27. The molecule has 5 aromatic rings. The van der Waals surface area contributed by atoms with Crippen LogP contribution in [0.15, 0.2) is 71.1 Å². The minimum absolute atomic E-state index is 0.0182. The van der Waals surface area contributed by atoms with Crippen molar-refractivity contribution >= 4 is 38.9 Å². The summed E-state index contributed by atoms with van der Waals surface area (Å²) in [5, 5.41) is 4.57. The molecule has 2 N–H and O–H groups in total. The Kier molecular flexibility index (Phi) is 3.77. The van der Waals surface area contributed by atoms with Gasteiger partial charge in [-0.3, -0.25) is 14.0 Å². The lowest BCUT2D eigenvalue weighted by Crippen LogP contribution is -2.26. The average molecular weight is 387 g/mol. The summed E-state index contributed by atoms with van der Waals surface area (Å²) in [6.07, 6.45) is 2.92. The molecule has 0 aliphatic rings. The van der Waals surface area contributed by atoms with Crippen molar-refractivity contribution in [1.82, 2.24) is 19.4 Å². The van der Waals surface area contributed by atoms with Crippen LogP contribution in [0.3, 0.4) is 0 Å². The summed E-state index contributed by atoms with van der Waals surface area (Å²) in [4.78, 5) is 37.9. The number of thiazole rings is 1. The van der Waals surface area contributed by atoms with E-state index < -0.39 is 11.5 Å². The van der Waals surface area contributed by atoms with Gasteiger partial charge in [-0.25, -0.2) is 9.97 Å². The van der Waals surface area contributed by atoms with Gasteiger partial charge in [-0.05, 0) is 24.3 Å². The summed E-state index contributed by atoms with van der Waals surface area (Å²) in [5.74, 6) is 0.127. The van der Waals surface area contributed by atoms with Crippen molar-refractivity contribution < 1.29 is 4.79 Å². The molecular weight excluding hydrogens is 374 g/mol. The normalized spacial score (nSPS) is 11.1. The third-order valence-corrected chi connectivity index (χ3v) is 5.18. The fraction of sp³-hybridized carbons (Fsp3) is 0. The number of aromatic nitrogens is 4. The number of nitrogens with one attached hydrogen (secondary N) is 2. The van der Waals surface area contributed by atoms with Crippen LogP contribution in [-0.2, 0) is 0 Å². The number of fused-ring (bicyclic) bond motifs is 2. The molecule has 0 saturated heterocycles. The van der Waals surface area contributed by atoms with E-state index in [1.54, 1.807) is 17.6 Å². The summed E-state index contributed by atoms with van der Waals surface area (Å²) in [6, 6.07) is 15.0. The number of carbonyl (C=O) groups is 1. The van der Waals surface area contributed by atoms with Crippen molar-refractivity contribution in [3.63, 3.8) is 0 Å². The molecule has 7 nitrogen and oxygen atoms in total. The van der Waals surface area contributed by atoms with Crippen molar-refractivity contribution in [2.45, 2.75) is 0 Å². The molecule has 0 fully saturated rings. The number of carbonyl (C=O) groups excluding carboxylic acids is 1. The Morgan fingerprint density at radius 2 is 1.93 bits per heavy atom. The smallest absolute Gasteiger partial charge is 0.271 e. The fourth-order valence-corrected chi connectivity index (χ4v) is 3.72. The van der Waals surface area contributed by atoms with E-state index in [2.05, 4.69) is 20.3 Å². The number of imidazole rings is 1. The topological polar surface area (TPSA) is 92.2 Å². The molecule has 0 radical (unpaired) electrons. The van der Waals surface area contributed by atoms with Crippen LogP contribution in [0.2, 0.25) is 0 Å². The summed E-state index contributed by atoms with van der Waals surface area (Å²) in [5.41, 5.74) is 2.62. The van der Waals surface area contributed by atoms with Gasteiger partial charge in [0.15, 0.2) is 4.96 Å². The van der Waals surface area contributed by atoms with Gasteiger partial charge in [-0.1, -0.05) is 24.3 Å². The molecule has 3 aromatic heterocycles. The van der Waals surface area contributed by atoms with Crippen molar-refractivity contribution in [3.05, 3.63) is 82.2 Å². The Bertz CT molecular complexity index is 1370. The van der Waals surface area contributed by atoms with E-state index in [1.165, 1.54) is 21.9 Å². The highest BCUT2D eigenvalue weighted by atomic mass is 32.1. The van der Waals surface area contributed by atoms with E-state index in [9.17, 15) is 9.59 Å². The van der Waals surface area contributed by atoms with Gasteiger partial charge in [0.1, 0.15) is 11.4 Å². The van der Waals surface area contributed by atoms with Crippen molar-refractivity contribution in [2.24, 2.45) is 0 Å². The first-order valence-corrected chi connectivity index (χ1v) is 9.39. The van der Waals surface area contributed by atoms with Gasteiger partial charge in [-0.15, -0.1) is 11.3 Å². The van der Waals surface area contributed by atoms with Crippen molar-refractivity contribution in [2.75, 3.05) is 5.32 Å². The van der Waals surface area contributed by atoms with Gasteiger partial charge < -0.3 is 10.3 Å². The van der Waals surface area contributed by atoms with Crippen molar-refractivity contribution in [3.8, 4) is 11.4 Å². The number of hydrogen-bond acceptors (Lipinski definition) is 5. The predicted molar refractivity (Wildman–Crippen MR) is 109 cm³/mol.